The number of hydrogen-bond acceptors (Lipinski definition) is 6. The summed E-state index contributed by atoms with van der Waals surface area (Å²) in [6.45, 7) is -0.624. The van der Waals surface area contributed by atoms with E-state index in [4.69, 9.17) is 19.5 Å². The molecule has 0 aromatic heterocycles. The Hall–Kier alpha value is -3.53. The molecule has 0 bridgehead atoms. The van der Waals surface area contributed by atoms with Crippen molar-refractivity contribution in [2.75, 3.05) is 32.3 Å². The number of carbonyl (C=O) groups excluding carboxylic acids is 2. The summed E-state index contributed by atoms with van der Waals surface area (Å²) in [6.07, 6.45) is 0. The Bertz CT molecular complexity index is 814. The van der Waals surface area contributed by atoms with Crippen molar-refractivity contribution in [1.82, 2.24) is 0 Å². The zero-order valence-corrected chi connectivity index (χ0v) is 14.5. The number of nitriles is 1. The topological polar surface area (TPSA) is 88.9 Å². The van der Waals surface area contributed by atoms with Crippen LogP contribution in [-0.2, 0) is 9.53 Å². The largest absolute Gasteiger partial charge is 0.493 e. The molecular formula is C19H18N2O5. The molecule has 0 atom stereocenters. The van der Waals surface area contributed by atoms with Crippen molar-refractivity contribution in [2.24, 2.45) is 0 Å². The summed E-state index contributed by atoms with van der Waals surface area (Å²) in [7, 11) is 2.94. The van der Waals surface area contributed by atoms with Gasteiger partial charge in [0.2, 0.25) is 0 Å². The number of hydrogen-bond donors (Lipinski definition) is 0. The summed E-state index contributed by atoms with van der Waals surface area (Å²) >= 11 is 0. The van der Waals surface area contributed by atoms with Gasteiger partial charge < -0.3 is 14.2 Å². The normalized spacial score (nSPS) is 9.73. The highest BCUT2D eigenvalue weighted by Crippen LogP contribution is 2.27. The van der Waals surface area contributed by atoms with Crippen LogP contribution in [0.3, 0.4) is 0 Å². The van der Waals surface area contributed by atoms with E-state index in [0.29, 0.717) is 17.2 Å². The molecule has 0 fully saturated rings. The van der Waals surface area contributed by atoms with Crippen LogP contribution >= 0.6 is 0 Å². The first kappa shape index (κ1) is 18.8. The molecule has 7 heteroatoms. The third-order valence-electron chi connectivity index (χ3n) is 3.54. The summed E-state index contributed by atoms with van der Waals surface area (Å²) < 4.78 is 15.3. The molecule has 0 saturated heterocycles. The van der Waals surface area contributed by atoms with Gasteiger partial charge in [0.1, 0.15) is 6.54 Å². The first-order valence-corrected chi connectivity index (χ1v) is 7.72. The molecule has 2 rings (SSSR count). The SMILES string of the molecule is COc1ccc(C(=O)OCC(=O)N(CC#N)c2ccccc2)cc1OC. The van der Waals surface area contributed by atoms with Crippen LogP contribution in [0.25, 0.3) is 0 Å². The number of nitrogens with zero attached hydrogens (tertiary/aromatic N) is 2. The van der Waals surface area contributed by atoms with Gasteiger partial charge in [-0.3, -0.25) is 9.69 Å². The second-order valence-corrected chi connectivity index (χ2v) is 5.12. The highest BCUT2D eigenvalue weighted by Gasteiger charge is 2.18. The van der Waals surface area contributed by atoms with Crippen LogP contribution in [0.1, 0.15) is 10.4 Å². The fourth-order valence-electron chi connectivity index (χ4n) is 2.25. The van der Waals surface area contributed by atoms with Crippen molar-refractivity contribution in [3.05, 3.63) is 54.1 Å². The summed E-state index contributed by atoms with van der Waals surface area (Å²) in [4.78, 5) is 25.8. The van der Waals surface area contributed by atoms with Gasteiger partial charge in [-0.15, -0.1) is 0 Å². The Morgan fingerprint density at radius 2 is 1.73 bits per heavy atom. The van der Waals surface area contributed by atoms with Gasteiger partial charge in [-0.1, -0.05) is 18.2 Å². The van der Waals surface area contributed by atoms with Gasteiger partial charge in [0.05, 0.1) is 25.9 Å². The maximum absolute atomic E-state index is 12.3. The summed E-state index contributed by atoms with van der Waals surface area (Å²) in [5.41, 5.74) is 0.781. The fourth-order valence-corrected chi connectivity index (χ4v) is 2.25. The van der Waals surface area contributed by atoms with Crippen molar-refractivity contribution in [3.63, 3.8) is 0 Å². The van der Waals surface area contributed by atoms with Gasteiger partial charge in [-0.2, -0.15) is 5.26 Å². The van der Waals surface area contributed by atoms with Crippen LogP contribution in [-0.4, -0.2) is 39.2 Å². The minimum absolute atomic E-state index is 0.142. The van der Waals surface area contributed by atoms with Gasteiger partial charge in [0, 0.05) is 5.69 Å². The van der Waals surface area contributed by atoms with E-state index in [2.05, 4.69) is 0 Å². The second kappa shape index (κ2) is 9.08. The Labute approximate surface area is 151 Å². The van der Waals surface area contributed by atoms with E-state index in [1.165, 1.54) is 31.3 Å². The monoisotopic (exact) mass is 354 g/mol. The minimum atomic E-state index is -0.677. The zero-order chi connectivity index (χ0) is 18.9. The van der Waals surface area contributed by atoms with E-state index in [1.807, 2.05) is 6.07 Å². The van der Waals surface area contributed by atoms with E-state index >= 15 is 0 Å². The summed E-state index contributed by atoms with van der Waals surface area (Å²) in [5, 5.41) is 8.93. The lowest BCUT2D eigenvalue weighted by Gasteiger charge is -2.19. The number of anilines is 1. The van der Waals surface area contributed by atoms with Gasteiger partial charge in [-0.25, -0.2) is 4.79 Å². The number of benzene rings is 2. The summed E-state index contributed by atoms with van der Waals surface area (Å²) in [6, 6.07) is 15.2. The van der Waals surface area contributed by atoms with Crippen LogP contribution in [0.4, 0.5) is 5.69 Å². The number of carbonyl (C=O) groups is 2. The van der Waals surface area contributed by atoms with Crippen molar-refractivity contribution < 1.29 is 23.8 Å². The standard InChI is InChI=1S/C19H18N2O5/c1-24-16-9-8-14(12-17(16)25-2)19(23)26-13-18(22)21(11-10-20)15-6-4-3-5-7-15/h3-9,12H,11,13H2,1-2H3. The van der Waals surface area contributed by atoms with Gasteiger partial charge in [0.15, 0.2) is 18.1 Å². The average molecular weight is 354 g/mol. The molecule has 0 spiro atoms. The molecule has 0 heterocycles. The van der Waals surface area contributed by atoms with E-state index in [-0.39, 0.29) is 12.1 Å². The highest BCUT2D eigenvalue weighted by molar-refractivity contribution is 5.97. The quantitative estimate of drug-likeness (QED) is 0.560. The Morgan fingerprint density at radius 3 is 2.35 bits per heavy atom. The van der Waals surface area contributed by atoms with Crippen LogP contribution in [0.5, 0.6) is 11.5 Å². The van der Waals surface area contributed by atoms with Crippen molar-refractivity contribution in [1.29, 1.82) is 5.26 Å². The maximum Gasteiger partial charge on any atom is 0.338 e. The molecule has 0 aliphatic carbocycles. The first-order chi connectivity index (χ1) is 12.6. The molecule has 26 heavy (non-hydrogen) atoms. The van der Waals surface area contributed by atoms with Crippen LogP contribution in [0.2, 0.25) is 0 Å². The molecule has 2 aromatic carbocycles. The third-order valence-corrected chi connectivity index (χ3v) is 3.54. The lowest BCUT2D eigenvalue weighted by Crippen LogP contribution is -2.35. The molecule has 0 unspecified atom stereocenters. The number of rotatable bonds is 7. The van der Waals surface area contributed by atoms with Crippen LogP contribution < -0.4 is 14.4 Å². The zero-order valence-electron chi connectivity index (χ0n) is 14.5. The van der Waals surface area contributed by atoms with Gasteiger partial charge in [-0.05, 0) is 30.3 Å². The molecule has 0 saturated carbocycles. The van der Waals surface area contributed by atoms with Crippen molar-refractivity contribution in [3.8, 4) is 17.6 Å². The first-order valence-electron chi connectivity index (χ1n) is 7.72. The minimum Gasteiger partial charge on any atom is -0.493 e. The molecule has 0 aliphatic rings. The maximum atomic E-state index is 12.3. The number of esters is 1. The van der Waals surface area contributed by atoms with Crippen LogP contribution in [0, 0.1) is 11.3 Å². The number of ether oxygens (including phenoxy) is 3. The molecular weight excluding hydrogens is 336 g/mol. The van der Waals surface area contributed by atoms with E-state index in [0.717, 1.165) is 0 Å². The predicted octanol–water partition coefficient (Wildman–Crippen LogP) is 2.42. The van der Waals surface area contributed by atoms with Gasteiger partial charge >= 0.3 is 5.97 Å². The number of amides is 1. The Morgan fingerprint density at radius 1 is 1.04 bits per heavy atom. The molecule has 7 nitrogen and oxygen atoms in total. The smallest absolute Gasteiger partial charge is 0.338 e. The third kappa shape index (κ3) is 4.51. The Kier molecular flexibility index (Phi) is 6.57. The predicted molar refractivity (Wildman–Crippen MR) is 94.2 cm³/mol. The lowest BCUT2D eigenvalue weighted by atomic mass is 10.2. The van der Waals surface area contributed by atoms with Gasteiger partial charge in [0.25, 0.3) is 5.91 Å². The number of methoxy groups -OCH3 is 2. The Balaban J connectivity index is 2.06. The highest BCUT2D eigenvalue weighted by atomic mass is 16.5. The molecule has 0 aliphatic heterocycles. The van der Waals surface area contributed by atoms with E-state index < -0.39 is 18.5 Å². The van der Waals surface area contributed by atoms with Crippen LogP contribution in [0.15, 0.2) is 48.5 Å². The lowest BCUT2D eigenvalue weighted by molar-refractivity contribution is -0.121. The fraction of sp³-hybridized carbons (Fsp3) is 0.211. The second-order valence-electron chi connectivity index (χ2n) is 5.12. The van der Waals surface area contributed by atoms with E-state index in [1.54, 1.807) is 36.4 Å². The molecule has 2 aromatic rings. The van der Waals surface area contributed by atoms with Crippen molar-refractivity contribution >= 4 is 17.6 Å². The van der Waals surface area contributed by atoms with E-state index in [9.17, 15) is 9.59 Å². The average Bonchev–Trinajstić information content (AvgIpc) is 2.69. The molecule has 134 valence electrons. The van der Waals surface area contributed by atoms with Crippen molar-refractivity contribution in [2.45, 2.75) is 0 Å². The molecule has 0 N–H and O–H groups in total. The molecule has 0 radical (unpaired) electrons. The summed E-state index contributed by atoms with van der Waals surface area (Å²) in [5.74, 6) is -0.316. The molecule has 1 amide bonds. The number of para-hydroxylation sites is 1.